The number of nitrogens with zero attached hydrogens (tertiary/aromatic N) is 3. The van der Waals surface area contributed by atoms with Crippen LogP contribution < -0.4 is 15.0 Å². The Morgan fingerprint density at radius 2 is 1.66 bits per heavy atom. The van der Waals surface area contributed by atoms with Gasteiger partial charge in [0.1, 0.15) is 17.3 Å². The smallest absolute Gasteiger partial charge is 0.251 e. The van der Waals surface area contributed by atoms with Crippen LogP contribution in [0.2, 0.25) is 0 Å². The highest BCUT2D eigenvalue weighted by Crippen LogP contribution is 2.33. The van der Waals surface area contributed by atoms with Gasteiger partial charge in [0.05, 0.1) is 4.70 Å². The quantitative estimate of drug-likeness (QED) is 0.303. The van der Waals surface area contributed by atoms with Gasteiger partial charge in [0.25, 0.3) is 5.91 Å². The van der Waals surface area contributed by atoms with E-state index in [9.17, 15) is 4.79 Å². The van der Waals surface area contributed by atoms with Crippen molar-refractivity contribution in [2.75, 3.05) is 44.2 Å². The molecule has 0 unspecified atom stereocenters. The van der Waals surface area contributed by atoms with E-state index in [0.29, 0.717) is 23.1 Å². The highest BCUT2D eigenvalue weighted by atomic mass is 32.1. The summed E-state index contributed by atoms with van der Waals surface area (Å²) in [5, 5.41) is 4.49. The van der Waals surface area contributed by atoms with E-state index in [0.717, 1.165) is 50.8 Å². The number of ether oxygens (including phenoxy) is 1. The van der Waals surface area contributed by atoms with Crippen molar-refractivity contribution in [3.05, 3.63) is 84.4 Å². The first-order valence-corrected chi connectivity index (χ1v) is 14.4. The van der Waals surface area contributed by atoms with Crippen LogP contribution >= 0.6 is 11.5 Å². The van der Waals surface area contributed by atoms with E-state index in [1.807, 2.05) is 54.6 Å². The number of aromatic nitrogens is 1. The lowest BCUT2D eigenvalue weighted by molar-refractivity contribution is 0.0940. The van der Waals surface area contributed by atoms with Gasteiger partial charge in [0, 0.05) is 50.2 Å². The Hall–Kier alpha value is -3.42. The van der Waals surface area contributed by atoms with E-state index < -0.39 is 0 Å². The molecule has 1 amide bonds. The van der Waals surface area contributed by atoms with Crippen molar-refractivity contribution in [2.45, 2.75) is 19.3 Å². The second-order valence-electron chi connectivity index (χ2n) is 10.4. The molecule has 0 bridgehead atoms. The average Bonchev–Trinajstić information content (AvgIpc) is 3.60. The van der Waals surface area contributed by atoms with E-state index >= 15 is 0 Å². The number of anilines is 1. The third-order valence-corrected chi connectivity index (χ3v) is 8.76. The number of hydrogen-bond donors (Lipinski definition) is 1. The van der Waals surface area contributed by atoms with Crippen molar-refractivity contribution < 1.29 is 9.53 Å². The molecule has 2 heterocycles. The average molecular weight is 527 g/mol. The van der Waals surface area contributed by atoms with Crippen LogP contribution in [-0.4, -0.2) is 54.4 Å². The lowest BCUT2D eigenvalue weighted by Crippen LogP contribution is -2.48. The van der Waals surface area contributed by atoms with Crippen LogP contribution in [0, 0.1) is 11.8 Å². The predicted octanol–water partition coefficient (Wildman–Crippen LogP) is 6.06. The van der Waals surface area contributed by atoms with Gasteiger partial charge in [-0.1, -0.05) is 42.8 Å². The van der Waals surface area contributed by atoms with E-state index in [1.54, 1.807) is 11.5 Å². The number of nitrogens with one attached hydrogen (secondary N) is 1. The maximum atomic E-state index is 13.0. The second kappa shape index (κ2) is 11.5. The Labute approximate surface area is 228 Å². The van der Waals surface area contributed by atoms with Crippen molar-refractivity contribution in [3.8, 4) is 11.5 Å². The summed E-state index contributed by atoms with van der Waals surface area (Å²) < 4.78 is 11.9. The third kappa shape index (κ3) is 5.69. The first-order valence-electron chi connectivity index (χ1n) is 13.7. The van der Waals surface area contributed by atoms with Crippen LogP contribution in [0.4, 0.5) is 5.82 Å². The van der Waals surface area contributed by atoms with Gasteiger partial charge in [-0.3, -0.25) is 9.69 Å². The molecule has 2 atom stereocenters. The van der Waals surface area contributed by atoms with Crippen LogP contribution in [0.5, 0.6) is 11.5 Å². The zero-order chi connectivity index (χ0) is 25.7. The summed E-state index contributed by atoms with van der Waals surface area (Å²) in [7, 11) is 0. The molecule has 6 nitrogen and oxygen atoms in total. The number of benzene rings is 3. The van der Waals surface area contributed by atoms with Crippen LogP contribution in [0.15, 0.2) is 78.9 Å². The summed E-state index contributed by atoms with van der Waals surface area (Å²) in [6.07, 6.45) is 3.68. The second-order valence-corrected chi connectivity index (χ2v) is 11.2. The first kappa shape index (κ1) is 24.9. The minimum absolute atomic E-state index is 0.0294. The molecule has 1 aliphatic carbocycles. The molecule has 2 aliphatic rings. The van der Waals surface area contributed by atoms with Crippen molar-refractivity contribution in [2.24, 2.45) is 11.8 Å². The predicted molar refractivity (Wildman–Crippen MR) is 154 cm³/mol. The molecule has 0 spiro atoms. The van der Waals surface area contributed by atoms with Crippen LogP contribution in [-0.2, 0) is 0 Å². The monoisotopic (exact) mass is 526 g/mol. The van der Waals surface area contributed by atoms with Gasteiger partial charge in [-0.25, -0.2) is 0 Å². The number of hydrogen-bond acceptors (Lipinski definition) is 6. The van der Waals surface area contributed by atoms with Crippen molar-refractivity contribution in [1.82, 2.24) is 14.6 Å². The molecule has 4 aromatic rings. The Balaban J connectivity index is 0.994. The number of piperazine rings is 1. The highest BCUT2D eigenvalue weighted by molar-refractivity contribution is 7.13. The highest BCUT2D eigenvalue weighted by Gasteiger charge is 2.30. The Kier molecular flexibility index (Phi) is 7.56. The molecule has 0 radical (unpaired) electrons. The first-order chi connectivity index (χ1) is 18.7. The SMILES string of the molecule is O=C(NC[C@H]1CCC[C@@H]1CN1CCN(c2nsc3ccccc23)CC1)c1cccc(Oc2ccccc2)c1. The molecular formula is C31H34N4O2S. The Morgan fingerprint density at radius 3 is 2.53 bits per heavy atom. The standard InChI is InChI=1S/C31H34N4O2S/c36-31(23-8-7-13-27(20-23)37-26-11-2-1-3-12-26)32-21-24-9-6-10-25(24)22-34-16-18-35(19-17-34)30-28-14-4-5-15-29(28)38-33-30/h1-5,7-8,11-15,20,24-25H,6,9-10,16-19,21-22H2,(H,32,36)/t24-,25-/m1/s1. The summed E-state index contributed by atoms with van der Waals surface area (Å²) in [6.45, 7) is 6.02. The maximum absolute atomic E-state index is 13.0. The largest absolute Gasteiger partial charge is 0.457 e. The number of carbonyl (C=O) groups excluding carboxylic acids is 1. The van der Waals surface area contributed by atoms with E-state index in [4.69, 9.17) is 9.11 Å². The van der Waals surface area contributed by atoms with Gasteiger partial charge in [0.15, 0.2) is 0 Å². The number of fused-ring (bicyclic) bond motifs is 1. The van der Waals surface area contributed by atoms with Crippen molar-refractivity contribution in [1.29, 1.82) is 0 Å². The molecule has 196 valence electrons. The summed E-state index contributed by atoms with van der Waals surface area (Å²) in [6, 6.07) is 25.6. The van der Waals surface area contributed by atoms with Crippen LogP contribution in [0.1, 0.15) is 29.6 Å². The summed E-state index contributed by atoms with van der Waals surface area (Å²) in [4.78, 5) is 18.0. The molecule has 1 N–H and O–H groups in total. The van der Waals surface area contributed by atoms with Gasteiger partial charge < -0.3 is 15.0 Å². The van der Waals surface area contributed by atoms with Crippen LogP contribution in [0.25, 0.3) is 10.1 Å². The molecule has 1 aromatic heterocycles. The minimum Gasteiger partial charge on any atom is -0.457 e. The van der Waals surface area contributed by atoms with Crippen LogP contribution in [0.3, 0.4) is 0 Å². The molecular weight excluding hydrogens is 492 g/mol. The fraction of sp³-hybridized carbons (Fsp3) is 0.355. The number of carbonyl (C=O) groups is 1. The Bertz CT molecular complexity index is 1370. The van der Waals surface area contributed by atoms with E-state index in [1.165, 1.54) is 29.3 Å². The fourth-order valence-electron chi connectivity index (χ4n) is 5.85. The van der Waals surface area contributed by atoms with Gasteiger partial charge in [-0.2, -0.15) is 4.37 Å². The molecule has 1 aliphatic heterocycles. The fourth-order valence-corrected chi connectivity index (χ4v) is 6.64. The summed E-state index contributed by atoms with van der Waals surface area (Å²) in [5.74, 6) is 3.72. The topological polar surface area (TPSA) is 57.7 Å². The van der Waals surface area contributed by atoms with Gasteiger partial charge in [0.2, 0.25) is 0 Å². The minimum atomic E-state index is -0.0294. The zero-order valence-electron chi connectivity index (χ0n) is 21.6. The number of rotatable bonds is 8. The molecule has 1 saturated carbocycles. The van der Waals surface area contributed by atoms with Gasteiger partial charge in [-0.05, 0) is 78.7 Å². The summed E-state index contributed by atoms with van der Waals surface area (Å²) >= 11 is 1.60. The van der Waals surface area contributed by atoms with Gasteiger partial charge >= 0.3 is 0 Å². The Morgan fingerprint density at radius 1 is 0.895 bits per heavy atom. The normalized spacial score (nSPS) is 20.1. The van der Waals surface area contributed by atoms with Crippen molar-refractivity contribution in [3.63, 3.8) is 0 Å². The molecule has 2 fully saturated rings. The molecule has 6 rings (SSSR count). The zero-order valence-corrected chi connectivity index (χ0v) is 22.4. The number of para-hydroxylation sites is 1. The van der Waals surface area contributed by atoms with Gasteiger partial charge in [-0.15, -0.1) is 0 Å². The van der Waals surface area contributed by atoms with Crippen molar-refractivity contribution >= 4 is 33.3 Å². The summed E-state index contributed by atoms with van der Waals surface area (Å²) in [5.41, 5.74) is 0.638. The lowest BCUT2D eigenvalue weighted by Gasteiger charge is -2.37. The maximum Gasteiger partial charge on any atom is 0.251 e. The van der Waals surface area contributed by atoms with E-state index in [2.05, 4.69) is 39.4 Å². The molecule has 1 saturated heterocycles. The molecule has 3 aromatic carbocycles. The number of amides is 1. The lowest BCUT2D eigenvalue weighted by atomic mass is 9.95. The molecule has 7 heteroatoms. The molecule has 38 heavy (non-hydrogen) atoms. The third-order valence-electron chi connectivity index (χ3n) is 7.94. The van der Waals surface area contributed by atoms with E-state index in [-0.39, 0.29) is 5.91 Å².